The first-order valence-corrected chi connectivity index (χ1v) is 11.3. The summed E-state index contributed by atoms with van der Waals surface area (Å²) in [6.07, 6.45) is 1.38. The molecule has 2 aliphatic heterocycles. The maximum atomic E-state index is 12.2. The minimum absolute atomic E-state index is 0.307. The van der Waals surface area contributed by atoms with Gasteiger partial charge in [-0.05, 0) is 37.0 Å². The van der Waals surface area contributed by atoms with E-state index in [0.717, 1.165) is 32.7 Å². The summed E-state index contributed by atoms with van der Waals surface area (Å²) >= 11 is 0. The highest BCUT2D eigenvalue weighted by atomic mass is 16.3. The molecule has 1 atom stereocenters. The Kier molecular flexibility index (Phi) is 6.60. The van der Waals surface area contributed by atoms with Crippen molar-refractivity contribution in [2.75, 3.05) is 44.2 Å². The standard InChI is InChI=1S/C25H34N4O2/c1-20-7-5-6-10-22(20)28-13-11-25(31,12-14-28)19-29-16-15-27(18-23(29)24(26)30)17-21-8-3-2-4-9-21/h2-10,23,31H,11-19H2,1H3,(H2,26,30). The Labute approximate surface area is 185 Å². The summed E-state index contributed by atoms with van der Waals surface area (Å²) in [4.78, 5) is 19.0. The Hall–Kier alpha value is -2.41. The minimum atomic E-state index is -0.783. The van der Waals surface area contributed by atoms with Crippen molar-refractivity contribution >= 4 is 11.6 Å². The number of piperidine rings is 1. The van der Waals surface area contributed by atoms with Crippen molar-refractivity contribution < 1.29 is 9.90 Å². The van der Waals surface area contributed by atoms with E-state index < -0.39 is 5.60 Å². The average molecular weight is 423 g/mol. The molecule has 2 heterocycles. The molecular weight excluding hydrogens is 388 g/mol. The molecule has 6 heteroatoms. The Morgan fingerprint density at radius 1 is 1.03 bits per heavy atom. The Bertz CT molecular complexity index is 880. The first-order chi connectivity index (χ1) is 14.9. The number of carbonyl (C=O) groups is 1. The van der Waals surface area contributed by atoms with Crippen molar-refractivity contribution in [2.24, 2.45) is 5.73 Å². The maximum Gasteiger partial charge on any atom is 0.236 e. The van der Waals surface area contributed by atoms with Gasteiger partial charge >= 0.3 is 0 Å². The Morgan fingerprint density at radius 2 is 1.71 bits per heavy atom. The van der Waals surface area contributed by atoms with Crippen LogP contribution in [0.5, 0.6) is 0 Å². The number of aliphatic hydroxyl groups is 1. The number of rotatable bonds is 6. The monoisotopic (exact) mass is 422 g/mol. The van der Waals surface area contributed by atoms with E-state index in [4.69, 9.17) is 5.73 Å². The normalized spacial score (nSPS) is 22.4. The Morgan fingerprint density at radius 3 is 2.39 bits per heavy atom. The second-order valence-electron chi connectivity index (χ2n) is 9.11. The van der Waals surface area contributed by atoms with Gasteiger partial charge in [-0.1, -0.05) is 48.5 Å². The lowest BCUT2D eigenvalue weighted by molar-refractivity contribution is -0.128. The fourth-order valence-electron chi connectivity index (χ4n) is 4.94. The van der Waals surface area contributed by atoms with Crippen LogP contribution in [0, 0.1) is 6.92 Å². The highest BCUT2D eigenvalue weighted by Gasteiger charge is 2.39. The van der Waals surface area contributed by atoms with E-state index in [1.165, 1.54) is 16.8 Å². The lowest BCUT2D eigenvalue weighted by Gasteiger charge is -2.46. The van der Waals surface area contributed by atoms with Crippen LogP contribution in [0.4, 0.5) is 5.69 Å². The summed E-state index contributed by atoms with van der Waals surface area (Å²) in [6.45, 7) is 7.29. The van der Waals surface area contributed by atoms with E-state index in [1.807, 2.05) is 18.2 Å². The van der Waals surface area contributed by atoms with Gasteiger partial charge in [0.25, 0.3) is 0 Å². The fraction of sp³-hybridized carbons (Fsp3) is 0.480. The van der Waals surface area contributed by atoms with Crippen LogP contribution in [0.3, 0.4) is 0 Å². The van der Waals surface area contributed by atoms with Crippen LogP contribution in [0.1, 0.15) is 24.0 Å². The molecule has 2 aromatic carbocycles. The molecule has 3 N–H and O–H groups in total. The third kappa shape index (κ3) is 5.26. The lowest BCUT2D eigenvalue weighted by atomic mass is 9.89. The highest BCUT2D eigenvalue weighted by Crippen LogP contribution is 2.30. The summed E-state index contributed by atoms with van der Waals surface area (Å²) in [6, 6.07) is 18.3. The molecule has 0 spiro atoms. The van der Waals surface area contributed by atoms with Gasteiger partial charge in [-0.25, -0.2) is 0 Å². The second-order valence-corrected chi connectivity index (χ2v) is 9.11. The number of carbonyl (C=O) groups excluding carboxylic acids is 1. The summed E-state index contributed by atoms with van der Waals surface area (Å²) in [5.74, 6) is -0.307. The summed E-state index contributed by atoms with van der Waals surface area (Å²) in [7, 11) is 0. The van der Waals surface area contributed by atoms with Crippen molar-refractivity contribution in [1.29, 1.82) is 0 Å². The number of hydrogen-bond donors (Lipinski definition) is 2. The lowest BCUT2D eigenvalue weighted by Crippen LogP contribution is -2.62. The topological polar surface area (TPSA) is 73.0 Å². The van der Waals surface area contributed by atoms with Crippen LogP contribution in [0.25, 0.3) is 0 Å². The molecule has 4 rings (SSSR count). The molecule has 2 aromatic rings. The predicted molar refractivity (Wildman–Crippen MR) is 124 cm³/mol. The van der Waals surface area contributed by atoms with Gasteiger partial charge in [0.15, 0.2) is 0 Å². The Balaban J connectivity index is 1.36. The van der Waals surface area contributed by atoms with Gasteiger partial charge in [0, 0.05) is 51.5 Å². The number of β-amino-alcohol motifs (C(OH)–C–C–N with tert-alkyl or cyclic N) is 1. The quantitative estimate of drug-likeness (QED) is 0.745. The van der Waals surface area contributed by atoms with E-state index in [-0.39, 0.29) is 11.9 Å². The maximum absolute atomic E-state index is 12.2. The number of nitrogens with two attached hydrogens (primary N) is 1. The molecule has 1 amide bonds. The van der Waals surface area contributed by atoms with Gasteiger partial charge in [-0.15, -0.1) is 0 Å². The molecule has 1 unspecified atom stereocenters. The number of nitrogens with zero attached hydrogens (tertiary/aromatic N) is 3. The number of anilines is 1. The van der Waals surface area contributed by atoms with Crippen LogP contribution >= 0.6 is 0 Å². The molecule has 166 valence electrons. The van der Waals surface area contributed by atoms with E-state index in [9.17, 15) is 9.90 Å². The largest absolute Gasteiger partial charge is 0.388 e. The molecule has 2 fully saturated rings. The van der Waals surface area contributed by atoms with Crippen molar-refractivity contribution in [2.45, 2.75) is 38.0 Å². The summed E-state index contributed by atoms with van der Waals surface area (Å²) < 4.78 is 0. The predicted octanol–water partition coefficient (Wildman–Crippen LogP) is 2.00. The van der Waals surface area contributed by atoms with E-state index in [2.05, 4.69) is 58.0 Å². The highest BCUT2D eigenvalue weighted by molar-refractivity contribution is 5.80. The molecule has 0 aromatic heterocycles. The zero-order valence-electron chi connectivity index (χ0n) is 18.4. The summed E-state index contributed by atoms with van der Waals surface area (Å²) in [5.41, 5.74) is 8.74. The smallest absolute Gasteiger partial charge is 0.236 e. The average Bonchev–Trinajstić information content (AvgIpc) is 2.76. The molecule has 0 aliphatic carbocycles. The van der Waals surface area contributed by atoms with Gasteiger partial charge < -0.3 is 15.7 Å². The summed E-state index contributed by atoms with van der Waals surface area (Å²) in [5, 5.41) is 11.3. The number of hydrogen-bond acceptors (Lipinski definition) is 5. The first kappa shape index (κ1) is 21.8. The number of benzene rings is 2. The van der Waals surface area contributed by atoms with Crippen molar-refractivity contribution in [3.05, 3.63) is 65.7 Å². The van der Waals surface area contributed by atoms with Crippen molar-refractivity contribution in [3.8, 4) is 0 Å². The molecule has 0 radical (unpaired) electrons. The molecule has 31 heavy (non-hydrogen) atoms. The molecule has 0 saturated carbocycles. The molecular formula is C25H34N4O2. The van der Waals surface area contributed by atoms with Gasteiger partial charge in [0.1, 0.15) is 6.04 Å². The van der Waals surface area contributed by atoms with Gasteiger partial charge in [0.2, 0.25) is 5.91 Å². The number of para-hydroxylation sites is 1. The molecule has 6 nitrogen and oxygen atoms in total. The van der Waals surface area contributed by atoms with Gasteiger partial charge in [-0.2, -0.15) is 0 Å². The van der Waals surface area contributed by atoms with Crippen LogP contribution in [-0.2, 0) is 11.3 Å². The number of primary amides is 1. The van der Waals surface area contributed by atoms with E-state index in [1.54, 1.807) is 0 Å². The van der Waals surface area contributed by atoms with Gasteiger partial charge in [0.05, 0.1) is 5.60 Å². The molecule has 0 bridgehead atoms. The van der Waals surface area contributed by atoms with Crippen LogP contribution in [-0.4, -0.2) is 71.7 Å². The van der Waals surface area contributed by atoms with Crippen LogP contribution in [0.15, 0.2) is 54.6 Å². The zero-order valence-corrected chi connectivity index (χ0v) is 18.4. The third-order valence-electron chi connectivity index (χ3n) is 6.80. The third-order valence-corrected chi connectivity index (χ3v) is 6.80. The minimum Gasteiger partial charge on any atom is -0.388 e. The molecule has 2 aliphatic rings. The van der Waals surface area contributed by atoms with Crippen LogP contribution < -0.4 is 10.6 Å². The fourth-order valence-corrected chi connectivity index (χ4v) is 4.94. The van der Waals surface area contributed by atoms with Crippen molar-refractivity contribution in [3.63, 3.8) is 0 Å². The number of aryl methyl sites for hydroxylation is 1. The van der Waals surface area contributed by atoms with Crippen LogP contribution in [0.2, 0.25) is 0 Å². The first-order valence-electron chi connectivity index (χ1n) is 11.3. The second kappa shape index (κ2) is 9.39. The molecule has 2 saturated heterocycles. The van der Waals surface area contributed by atoms with Crippen molar-refractivity contribution in [1.82, 2.24) is 9.80 Å². The van der Waals surface area contributed by atoms with Gasteiger partial charge in [-0.3, -0.25) is 14.6 Å². The van der Waals surface area contributed by atoms with E-state index in [0.29, 0.717) is 25.9 Å². The van der Waals surface area contributed by atoms with E-state index >= 15 is 0 Å². The zero-order chi connectivity index (χ0) is 21.8. The number of amides is 1. The number of piperazine rings is 1. The SMILES string of the molecule is Cc1ccccc1N1CCC(O)(CN2CCN(Cc3ccccc3)CC2C(N)=O)CC1.